The maximum Gasteiger partial charge on any atom is 0.256 e. The first-order valence-electron chi connectivity index (χ1n) is 8.79. The molecule has 2 N–H and O–H groups in total. The summed E-state index contributed by atoms with van der Waals surface area (Å²) in [5.74, 6) is 1.13. The third kappa shape index (κ3) is 4.36. The van der Waals surface area contributed by atoms with Gasteiger partial charge in [0, 0.05) is 25.2 Å². The van der Waals surface area contributed by atoms with Crippen LogP contribution in [0.1, 0.15) is 48.3 Å². The van der Waals surface area contributed by atoms with Gasteiger partial charge in [-0.3, -0.25) is 4.79 Å². The highest BCUT2D eigenvalue weighted by Crippen LogP contribution is 2.20. The van der Waals surface area contributed by atoms with Crippen LogP contribution in [-0.2, 0) is 13.0 Å². The summed E-state index contributed by atoms with van der Waals surface area (Å²) in [5.41, 5.74) is 1.31. The van der Waals surface area contributed by atoms with E-state index in [4.69, 9.17) is 4.52 Å². The molecule has 1 aromatic carbocycles. The molecule has 0 aliphatic carbocycles. The molecule has 0 saturated carbocycles. The average Bonchev–Trinajstić information content (AvgIpc) is 3.07. The maximum absolute atomic E-state index is 12.8. The van der Waals surface area contributed by atoms with Crippen molar-refractivity contribution in [3.05, 3.63) is 41.5 Å². The van der Waals surface area contributed by atoms with Gasteiger partial charge in [0.1, 0.15) is 0 Å². The highest BCUT2D eigenvalue weighted by Gasteiger charge is 2.24. The summed E-state index contributed by atoms with van der Waals surface area (Å²) in [6.07, 6.45) is 2.89. The molecule has 2 aromatic rings. The monoisotopic (exact) mass is 344 g/mol. The van der Waals surface area contributed by atoms with Gasteiger partial charge < -0.3 is 19.8 Å². The Morgan fingerprint density at radius 1 is 1.44 bits per heavy atom. The number of carbonyl (C=O) groups is 1. The molecule has 1 aromatic heterocycles. The third-order valence-electron chi connectivity index (χ3n) is 4.26. The number of rotatable bonds is 6. The minimum Gasteiger partial charge on any atom is -0.391 e. The lowest BCUT2D eigenvalue weighted by atomic mass is 10.1. The molecule has 25 heavy (non-hydrogen) atoms. The lowest BCUT2D eigenvalue weighted by molar-refractivity contribution is 0.0474. The third-order valence-corrected chi connectivity index (χ3v) is 4.26. The fourth-order valence-corrected chi connectivity index (χ4v) is 2.99. The molecule has 1 atom stereocenters. The van der Waals surface area contributed by atoms with Crippen molar-refractivity contribution >= 4 is 11.6 Å². The Morgan fingerprint density at radius 2 is 2.28 bits per heavy atom. The second-order valence-corrected chi connectivity index (χ2v) is 6.30. The molecule has 1 amide bonds. The molecule has 0 bridgehead atoms. The van der Waals surface area contributed by atoms with E-state index in [1.54, 1.807) is 11.0 Å². The number of amides is 1. The van der Waals surface area contributed by atoms with Crippen molar-refractivity contribution in [3.8, 4) is 0 Å². The Hall–Kier alpha value is -2.41. The normalized spacial score (nSPS) is 17.5. The van der Waals surface area contributed by atoms with Crippen LogP contribution in [0, 0.1) is 0 Å². The van der Waals surface area contributed by atoms with Crippen molar-refractivity contribution < 1.29 is 14.4 Å². The summed E-state index contributed by atoms with van der Waals surface area (Å²) in [6, 6.07) is 7.37. The lowest BCUT2D eigenvalue weighted by Crippen LogP contribution is -2.42. The topological polar surface area (TPSA) is 91.5 Å². The molecule has 0 radical (unpaired) electrons. The van der Waals surface area contributed by atoms with E-state index in [9.17, 15) is 9.90 Å². The first-order chi connectivity index (χ1) is 12.2. The molecule has 134 valence electrons. The Morgan fingerprint density at radius 3 is 3.08 bits per heavy atom. The van der Waals surface area contributed by atoms with E-state index in [-0.39, 0.29) is 5.91 Å². The number of aromatic nitrogens is 2. The van der Waals surface area contributed by atoms with E-state index in [2.05, 4.69) is 22.4 Å². The molecule has 1 fully saturated rings. The number of nitrogens with one attached hydrogen (secondary N) is 1. The number of aliphatic hydroxyl groups is 1. The van der Waals surface area contributed by atoms with E-state index < -0.39 is 6.10 Å². The zero-order valence-corrected chi connectivity index (χ0v) is 14.4. The summed E-state index contributed by atoms with van der Waals surface area (Å²) in [4.78, 5) is 18.8. The number of aryl methyl sites for hydroxylation is 1. The number of carbonyl (C=O) groups excluding carboxylic acids is 1. The Kier molecular flexibility index (Phi) is 5.65. The fraction of sp³-hybridized carbons (Fsp3) is 0.500. The van der Waals surface area contributed by atoms with Gasteiger partial charge in [0.2, 0.25) is 5.89 Å². The van der Waals surface area contributed by atoms with Gasteiger partial charge in [-0.15, -0.1) is 0 Å². The number of para-hydroxylation sites is 1. The summed E-state index contributed by atoms with van der Waals surface area (Å²) in [5, 5.41) is 16.9. The summed E-state index contributed by atoms with van der Waals surface area (Å²) in [6.45, 7) is 3.49. The van der Waals surface area contributed by atoms with Crippen molar-refractivity contribution in [1.82, 2.24) is 15.0 Å². The van der Waals surface area contributed by atoms with E-state index in [1.807, 2.05) is 18.2 Å². The van der Waals surface area contributed by atoms with Gasteiger partial charge in [-0.05, 0) is 31.4 Å². The van der Waals surface area contributed by atoms with Crippen LogP contribution in [0.2, 0.25) is 0 Å². The number of aliphatic hydroxyl groups excluding tert-OH is 1. The number of likely N-dealkylation sites (tertiary alicyclic amines) is 1. The molecule has 2 heterocycles. The summed E-state index contributed by atoms with van der Waals surface area (Å²) < 4.78 is 5.22. The molecular weight excluding hydrogens is 320 g/mol. The quantitative estimate of drug-likeness (QED) is 0.835. The van der Waals surface area contributed by atoms with Crippen LogP contribution in [0.3, 0.4) is 0 Å². The van der Waals surface area contributed by atoms with Gasteiger partial charge in [-0.1, -0.05) is 24.2 Å². The van der Waals surface area contributed by atoms with Gasteiger partial charge in [0.05, 0.1) is 18.2 Å². The summed E-state index contributed by atoms with van der Waals surface area (Å²) >= 11 is 0. The molecule has 3 rings (SSSR count). The van der Waals surface area contributed by atoms with E-state index in [1.165, 1.54) is 0 Å². The van der Waals surface area contributed by atoms with Crippen molar-refractivity contribution in [2.75, 3.05) is 18.4 Å². The van der Waals surface area contributed by atoms with Crippen molar-refractivity contribution in [2.45, 2.75) is 45.3 Å². The summed E-state index contributed by atoms with van der Waals surface area (Å²) in [7, 11) is 0. The molecule has 0 spiro atoms. The predicted octanol–water partition coefficient (Wildman–Crippen LogP) is 2.23. The van der Waals surface area contributed by atoms with Crippen molar-refractivity contribution in [2.24, 2.45) is 0 Å². The Bertz CT molecular complexity index is 716. The van der Waals surface area contributed by atoms with E-state index in [0.717, 1.165) is 31.4 Å². The molecule has 7 nitrogen and oxygen atoms in total. The van der Waals surface area contributed by atoms with Crippen LogP contribution in [0.5, 0.6) is 0 Å². The van der Waals surface area contributed by atoms with Gasteiger partial charge >= 0.3 is 0 Å². The second-order valence-electron chi connectivity index (χ2n) is 6.30. The highest BCUT2D eigenvalue weighted by atomic mass is 16.5. The molecule has 1 aliphatic rings. The fourth-order valence-electron chi connectivity index (χ4n) is 2.99. The van der Waals surface area contributed by atoms with Crippen LogP contribution in [0.15, 0.2) is 28.8 Å². The first-order valence-corrected chi connectivity index (χ1v) is 8.79. The van der Waals surface area contributed by atoms with Gasteiger partial charge in [0.15, 0.2) is 5.82 Å². The molecule has 1 aliphatic heterocycles. The zero-order valence-electron chi connectivity index (χ0n) is 14.4. The van der Waals surface area contributed by atoms with Crippen molar-refractivity contribution in [3.63, 3.8) is 0 Å². The van der Waals surface area contributed by atoms with Crippen LogP contribution in [-0.4, -0.2) is 45.2 Å². The minimum absolute atomic E-state index is 0.0703. The SMILES string of the molecule is CCCc1noc(CNc2ccccc2C(=O)N2CCCC(O)C2)n1. The van der Waals surface area contributed by atoms with E-state index >= 15 is 0 Å². The van der Waals surface area contributed by atoms with Gasteiger partial charge in [-0.25, -0.2) is 0 Å². The average molecular weight is 344 g/mol. The number of benzene rings is 1. The standard InChI is InChI=1S/C18H24N4O3/c1-2-6-16-20-17(25-21-16)11-19-15-9-4-3-8-14(15)18(24)22-10-5-7-13(23)12-22/h3-4,8-9,13,19,23H,2,5-7,10-12H2,1H3. The second kappa shape index (κ2) is 8.11. The molecule has 1 unspecified atom stereocenters. The zero-order chi connectivity index (χ0) is 17.6. The number of β-amino-alcohol motifs (C(OH)–C–C–N with tert-alkyl or cyclic N) is 1. The molecular formula is C18H24N4O3. The number of anilines is 1. The smallest absolute Gasteiger partial charge is 0.256 e. The van der Waals surface area contributed by atoms with Crippen LogP contribution in [0.25, 0.3) is 0 Å². The number of piperidine rings is 1. The largest absolute Gasteiger partial charge is 0.391 e. The van der Waals surface area contributed by atoms with E-state index in [0.29, 0.717) is 36.9 Å². The molecule has 7 heteroatoms. The number of nitrogens with zero attached hydrogens (tertiary/aromatic N) is 3. The van der Waals surface area contributed by atoms with Crippen LogP contribution >= 0.6 is 0 Å². The molecule has 1 saturated heterocycles. The van der Waals surface area contributed by atoms with Crippen LogP contribution < -0.4 is 5.32 Å². The number of hydrogen-bond acceptors (Lipinski definition) is 6. The Labute approximate surface area is 147 Å². The lowest BCUT2D eigenvalue weighted by Gasteiger charge is -2.30. The number of hydrogen-bond donors (Lipinski definition) is 2. The maximum atomic E-state index is 12.8. The minimum atomic E-state index is -0.437. The van der Waals surface area contributed by atoms with Crippen molar-refractivity contribution in [1.29, 1.82) is 0 Å². The first kappa shape index (κ1) is 17.4. The predicted molar refractivity (Wildman–Crippen MR) is 93.2 cm³/mol. The van der Waals surface area contributed by atoms with Crippen LogP contribution in [0.4, 0.5) is 5.69 Å². The highest BCUT2D eigenvalue weighted by molar-refractivity contribution is 5.99. The Balaban J connectivity index is 1.68. The van der Waals surface area contributed by atoms with Gasteiger partial charge in [-0.2, -0.15) is 4.98 Å². The van der Waals surface area contributed by atoms with Gasteiger partial charge in [0.25, 0.3) is 5.91 Å².